The predicted octanol–water partition coefficient (Wildman–Crippen LogP) is 5.85. The Kier molecular flexibility index (Phi) is 10.9. The molecule has 0 spiro atoms. The van der Waals surface area contributed by atoms with E-state index in [4.69, 9.17) is 0 Å². The summed E-state index contributed by atoms with van der Waals surface area (Å²) in [6, 6.07) is 20.4. The Hall–Kier alpha value is -3.17. The Bertz CT molecular complexity index is 1410. The van der Waals surface area contributed by atoms with Crippen molar-refractivity contribution in [2.24, 2.45) is 0 Å². The molecule has 1 N–H and O–H groups in total. The van der Waals surface area contributed by atoms with Gasteiger partial charge in [0.15, 0.2) is 0 Å². The first-order valence-corrected chi connectivity index (χ1v) is 15.7. The molecule has 7 nitrogen and oxygen atoms in total. The lowest BCUT2D eigenvalue weighted by molar-refractivity contribution is -0.139. The molecule has 3 aromatic rings. The fourth-order valence-electron chi connectivity index (χ4n) is 4.24. The average molecular weight is 629 g/mol. The van der Waals surface area contributed by atoms with E-state index in [1.807, 2.05) is 64.1 Å². The summed E-state index contributed by atoms with van der Waals surface area (Å²) in [7, 11) is -4.10. The van der Waals surface area contributed by atoms with Crippen LogP contribution in [-0.2, 0) is 32.6 Å². The van der Waals surface area contributed by atoms with E-state index < -0.39 is 28.5 Å². The van der Waals surface area contributed by atoms with E-state index in [9.17, 15) is 18.0 Å². The fraction of sp³-hybridized carbons (Fsp3) is 0.355. The van der Waals surface area contributed by atoms with Gasteiger partial charge in [0.1, 0.15) is 12.6 Å². The second kappa shape index (κ2) is 13.9. The highest BCUT2D eigenvalue weighted by atomic mass is 79.9. The third-order valence-electron chi connectivity index (χ3n) is 6.96. The summed E-state index contributed by atoms with van der Waals surface area (Å²) < 4.78 is 30.1. The summed E-state index contributed by atoms with van der Waals surface area (Å²) >= 11 is 3.43. The zero-order valence-electron chi connectivity index (χ0n) is 23.7. The van der Waals surface area contributed by atoms with Crippen LogP contribution in [0.3, 0.4) is 0 Å². The molecule has 0 saturated heterocycles. The molecule has 0 aliphatic carbocycles. The summed E-state index contributed by atoms with van der Waals surface area (Å²) in [6.45, 7) is 9.07. The van der Waals surface area contributed by atoms with E-state index in [0.717, 1.165) is 27.6 Å². The Morgan fingerprint density at radius 2 is 1.55 bits per heavy atom. The van der Waals surface area contributed by atoms with Crippen molar-refractivity contribution in [3.05, 3.63) is 94.0 Å². The van der Waals surface area contributed by atoms with Crippen LogP contribution in [0.1, 0.15) is 50.8 Å². The Morgan fingerprint density at radius 1 is 0.925 bits per heavy atom. The van der Waals surface area contributed by atoms with Gasteiger partial charge in [-0.2, -0.15) is 0 Å². The van der Waals surface area contributed by atoms with Crippen molar-refractivity contribution in [3.8, 4) is 0 Å². The van der Waals surface area contributed by atoms with Crippen molar-refractivity contribution < 1.29 is 18.0 Å². The van der Waals surface area contributed by atoms with Crippen LogP contribution in [0, 0.1) is 6.92 Å². The zero-order valence-corrected chi connectivity index (χ0v) is 26.1. The normalized spacial score (nSPS) is 12.8. The van der Waals surface area contributed by atoms with Gasteiger partial charge in [-0.05, 0) is 75.1 Å². The molecule has 0 fully saturated rings. The van der Waals surface area contributed by atoms with Crippen LogP contribution in [0.5, 0.6) is 0 Å². The number of hydrogen-bond acceptors (Lipinski definition) is 4. The van der Waals surface area contributed by atoms with Crippen LogP contribution >= 0.6 is 15.9 Å². The summed E-state index contributed by atoms with van der Waals surface area (Å²) in [5, 5.41) is 2.95. The van der Waals surface area contributed by atoms with Crippen molar-refractivity contribution in [3.63, 3.8) is 0 Å². The number of aryl methyl sites for hydroxylation is 2. The van der Waals surface area contributed by atoms with E-state index in [1.54, 1.807) is 43.3 Å². The van der Waals surface area contributed by atoms with E-state index in [2.05, 4.69) is 21.2 Å². The lowest BCUT2D eigenvalue weighted by Gasteiger charge is -2.33. The zero-order chi connectivity index (χ0) is 29.4. The molecule has 0 heterocycles. The number of nitrogens with one attached hydrogen (secondary N) is 1. The number of amides is 2. The van der Waals surface area contributed by atoms with E-state index >= 15 is 0 Å². The second-order valence-electron chi connectivity index (χ2n) is 9.95. The van der Waals surface area contributed by atoms with Crippen LogP contribution in [0.25, 0.3) is 0 Å². The maximum absolute atomic E-state index is 14.1. The minimum atomic E-state index is -4.10. The third-order valence-corrected chi connectivity index (χ3v) is 9.27. The van der Waals surface area contributed by atoms with Crippen LogP contribution in [0.2, 0.25) is 0 Å². The Balaban J connectivity index is 2.06. The third kappa shape index (κ3) is 7.73. The monoisotopic (exact) mass is 627 g/mol. The number of nitrogens with zero attached hydrogens (tertiary/aromatic N) is 2. The van der Waals surface area contributed by atoms with Gasteiger partial charge in [-0.25, -0.2) is 8.42 Å². The highest BCUT2D eigenvalue weighted by Crippen LogP contribution is 2.28. The molecule has 3 aromatic carbocycles. The van der Waals surface area contributed by atoms with Gasteiger partial charge in [-0.15, -0.1) is 0 Å². The number of carbonyl (C=O) groups is 2. The number of para-hydroxylation sites is 1. The van der Waals surface area contributed by atoms with E-state index in [1.165, 1.54) is 9.21 Å². The summed E-state index contributed by atoms with van der Waals surface area (Å²) in [5.74, 6) is -0.766. The van der Waals surface area contributed by atoms with Crippen molar-refractivity contribution in [2.45, 2.75) is 71.0 Å². The maximum Gasteiger partial charge on any atom is 0.264 e. The molecule has 2 amide bonds. The largest absolute Gasteiger partial charge is 0.352 e. The van der Waals surface area contributed by atoms with Gasteiger partial charge in [-0.3, -0.25) is 13.9 Å². The molecule has 0 radical (unpaired) electrons. The van der Waals surface area contributed by atoms with Crippen LogP contribution in [-0.4, -0.2) is 43.8 Å². The minimum absolute atomic E-state index is 0.0607. The number of rotatable bonds is 12. The number of hydrogen-bond donors (Lipinski definition) is 1. The molecule has 0 aromatic heterocycles. The fourth-order valence-corrected chi connectivity index (χ4v) is 5.95. The van der Waals surface area contributed by atoms with Gasteiger partial charge < -0.3 is 10.2 Å². The number of halogens is 1. The number of sulfonamides is 1. The van der Waals surface area contributed by atoms with Gasteiger partial charge in [-0.1, -0.05) is 77.8 Å². The Labute approximate surface area is 246 Å². The van der Waals surface area contributed by atoms with Gasteiger partial charge in [0, 0.05) is 17.1 Å². The lowest BCUT2D eigenvalue weighted by atomic mass is 10.1. The average Bonchev–Trinajstić information content (AvgIpc) is 2.95. The van der Waals surface area contributed by atoms with E-state index in [-0.39, 0.29) is 23.4 Å². The molecule has 0 saturated carbocycles. The molecular weight excluding hydrogens is 590 g/mol. The topological polar surface area (TPSA) is 86.8 Å². The SMILES string of the molecule is CCc1ccccc1N(CC(=O)N(Cc1ccc(Br)cc1)[C@H](C)C(=O)N[C@@H](C)CC)S(=O)(=O)c1ccc(C)cc1. The smallest absolute Gasteiger partial charge is 0.264 e. The molecule has 0 unspecified atom stereocenters. The van der Waals surface area contributed by atoms with Crippen molar-refractivity contribution in [2.75, 3.05) is 10.8 Å². The molecule has 3 rings (SSSR count). The highest BCUT2D eigenvalue weighted by molar-refractivity contribution is 9.10. The van der Waals surface area contributed by atoms with Crippen LogP contribution < -0.4 is 9.62 Å². The van der Waals surface area contributed by atoms with Crippen LogP contribution in [0.4, 0.5) is 5.69 Å². The number of benzene rings is 3. The first-order chi connectivity index (χ1) is 19.0. The van der Waals surface area contributed by atoms with Crippen LogP contribution in [0.15, 0.2) is 82.2 Å². The first-order valence-electron chi connectivity index (χ1n) is 13.5. The van der Waals surface area contributed by atoms with Gasteiger partial charge in [0.05, 0.1) is 10.6 Å². The van der Waals surface area contributed by atoms with Gasteiger partial charge >= 0.3 is 0 Å². The van der Waals surface area contributed by atoms with Crippen molar-refractivity contribution >= 4 is 43.5 Å². The molecule has 40 heavy (non-hydrogen) atoms. The highest BCUT2D eigenvalue weighted by Gasteiger charge is 2.33. The molecule has 2 atom stereocenters. The molecule has 9 heteroatoms. The van der Waals surface area contributed by atoms with Crippen molar-refractivity contribution in [1.82, 2.24) is 10.2 Å². The standard InChI is InChI=1S/C31H38BrN3O4S/c1-6-23(4)33-31(37)24(5)34(20-25-14-16-27(32)17-15-25)30(36)21-35(29-11-9-8-10-26(29)7-2)40(38,39)28-18-12-22(3)13-19-28/h8-19,23-24H,6-7,20-21H2,1-5H3,(H,33,37)/t23-,24+/m0/s1. The van der Waals surface area contributed by atoms with Gasteiger partial charge in [0.25, 0.3) is 10.0 Å². The Morgan fingerprint density at radius 3 is 2.15 bits per heavy atom. The second-order valence-corrected chi connectivity index (χ2v) is 12.7. The molecule has 0 bridgehead atoms. The van der Waals surface area contributed by atoms with Gasteiger partial charge in [0.2, 0.25) is 11.8 Å². The predicted molar refractivity (Wildman–Crippen MR) is 164 cm³/mol. The quantitative estimate of drug-likeness (QED) is 0.273. The van der Waals surface area contributed by atoms with Crippen molar-refractivity contribution in [1.29, 1.82) is 0 Å². The van der Waals surface area contributed by atoms with E-state index in [0.29, 0.717) is 12.1 Å². The number of anilines is 1. The maximum atomic E-state index is 14.1. The summed E-state index contributed by atoms with van der Waals surface area (Å²) in [5.41, 5.74) is 2.99. The molecule has 0 aliphatic heterocycles. The molecular formula is C31H38BrN3O4S. The lowest BCUT2D eigenvalue weighted by Crippen LogP contribution is -2.52. The number of carbonyl (C=O) groups excluding carboxylic acids is 2. The molecule has 0 aliphatic rings. The minimum Gasteiger partial charge on any atom is -0.352 e. The summed E-state index contributed by atoms with van der Waals surface area (Å²) in [4.78, 5) is 28.8. The first kappa shape index (κ1) is 31.4. The summed E-state index contributed by atoms with van der Waals surface area (Å²) in [6.07, 6.45) is 1.33. The molecule has 214 valence electrons.